The molecule has 0 bridgehead atoms. The summed E-state index contributed by atoms with van der Waals surface area (Å²) in [7, 11) is -3.24. The third kappa shape index (κ3) is 5.22. The van der Waals surface area contributed by atoms with E-state index in [0.717, 1.165) is 24.8 Å². The van der Waals surface area contributed by atoms with Gasteiger partial charge in [0.1, 0.15) is 6.54 Å². The minimum Gasteiger partial charge on any atom is -0.480 e. The topological polar surface area (TPSA) is 89.3 Å². The van der Waals surface area contributed by atoms with Crippen LogP contribution >= 0.6 is 23.2 Å². The Morgan fingerprint density at radius 1 is 1.38 bits per heavy atom. The van der Waals surface area contributed by atoms with Gasteiger partial charge < -0.3 is 5.11 Å². The molecular weight excluding hydrogens is 399 g/mol. The first kappa shape index (κ1) is 20.7. The molecule has 1 atom stereocenters. The Morgan fingerprint density at radius 2 is 2.08 bits per heavy atom. The number of hydrogen-bond acceptors (Lipinski definition) is 4. The van der Waals surface area contributed by atoms with E-state index in [1.807, 2.05) is 6.20 Å². The van der Waals surface area contributed by atoms with Gasteiger partial charge in [0, 0.05) is 17.0 Å². The van der Waals surface area contributed by atoms with Gasteiger partial charge in [0.05, 0.1) is 16.1 Å². The average Bonchev–Trinajstić information content (AvgIpc) is 2.90. The number of rotatable bonds is 3. The normalized spacial score (nSPS) is 16.4. The quantitative estimate of drug-likeness (QED) is 0.818. The summed E-state index contributed by atoms with van der Waals surface area (Å²) in [4.78, 5) is 10.7. The first-order chi connectivity index (χ1) is 12.1. The Bertz CT molecular complexity index is 909. The predicted molar refractivity (Wildman–Crippen MR) is 101 cm³/mol. The summed E-state index contributed by atoms with van der Waals surface area (Å²) >= 11 is 11.2. The van der Waals surface area contributed by atoms with Gasteiger partial charge in [-0.3, -0.25) is 9.48 Å². The minimum atomic E-state index is -3.24. The molecule has 1 unspecified atom stereocenters. The van der Waals surface area contributed by atoms with Gasteiger partial charge in [-0.2, -0.15) is 5.10 Å². The van der Waals surface area contributed by atoms with Crippen LogP contribution in [-0.2, 0) is 27.6 Å². The largest absolute Gasteiger partial charge is 0.480 e. The number of benzene rings is 1. The lowest BCUT2D eigenvalue weighted by atomic mass is 9.89. The molecule has 1 N–H and O–H groups in total. The van der Waals surface area contributed by atoms with Crippen LogP contribution in [0.15, 0.2) is 29.3 Å². The van der Waals surface area contributed by atoms with Crippen molar-refractivity contribution in [1.82, 2.24) is 9.78 Å². The molecule has 0 amide bonds. The van der Waals surface area contributed by atoms with Crippen molar-refractivity contribution in [2.24, 2.45) is 0 Å². The molecule has 1 aromatic carbocycles. The number of halogens is 2. The predicted octanol–water partition coefficient (Wildman–Crippen LogP) is 3.80. The minimum absolute atomic E-state index is 0.0119. The second-order valence-corrected chi connectivity index (χ2v) is 9.07. The molecule has 0 aliphatic heterocycles. The summed E-state index contributed by atoms with van der Waals surface area (Å²) in [5.74, 6) is -0.296. The van der Waals surface area contributed by atoms with Crippen LogP contribution in [0.25, 0.3) is 0 Å². The molecule has 0 saturated heterocycles. The molecule has 0 spiro atoms. The van der Waals surface area contributed by atoms with Crippen LogP contribution in [0.4, 0.5) is 0 Å². The zero-order valence-corrected chi connectivity index (χ0v) is 16.8. The lowest BCUT2D eigenvalue weighted by Gasteiger charge is -2.18. The lowest BCUT2D eigenvalue weighted by Crippen LogP contribution is -2.16. The Kier molecular flexibility index (Phi) is 6.71. The average molecular weight is 419 g/mol. The third-order valence-corrected chi connectivity index (χ3v) is 5.96. The van der Waals surface area contributed by atoms with E-state index in [0.29, 0.717) is 10.9 Å². The van der Waals surface area contributed by atoms with Crippen LogP contribution in [0, 0.1) is 0 Å². The maximum absolute atomic E-state index is 11.0. The van der Waals surface area contributed by atoms with Crippen molar-refractivity contribution in [3.63, 3.8) is 0 Å². The molecule has 142 valence electrons. The summed E-state index contributed by atoms with van der Waals surface area (Å²) < 4.78 is 23.7. The van der Waals surface area contributed by atoms with Crippen LogP contribution < -0.4 is 0 Å². The number of aliphatic carboxylic acids is 1. The highest BCUT2D eigenvalue weighted by atomic mass is 35.5. The lowest BCUT2D eigenvalue weighted by molar-refractivity contribution is -0.137. The molecule has 1 aliphatic carbocycles. The second-order valence-electron chi connectivity index (χ2n) is 6.24. The number of carboxylic acids is 1. The van der Waals surface area contributed by atoms with Gasteiger partial charge in [0.25, 0.3) is 0 Å². The number of carboxylic acid groups (broad SMARTS) is 1. The Labute approximate surface area is 162 Å². The second kappa shape index (κ2) is 8.41. The van der Waals surface area contributed by atoms with Crippen molar-refractivity contribution in [2.45, 2.75) is 43.5 Å². The fourth-order valence-corrected chi connectivity index (χ4v) is 4.44. The molecule has 6 nitrogen and oxygen atoms in total. The number of hydrogen-bond donors (Lipinski definition) is 1. The van der Waals surface area contributed by atoms with Crippen LogP contribution in [0.3, 0.4) is 0 Å². The summed E-state index contributed by atoms with van der Waals surface area (Å²) in [6.45, 7) is 2.16. The molecule has 26 heavy (non-hydrogen) atoms. The van der Waals surface area contributed by atoms with E-state index in [1.165, 1.54) is 30.2 Å². The van der Waals surface area contributed by atoms with E-state index in [4.69, 9.17) is 28.3 Å². The fraction of sp³-hybridized carbons (Fsp3) is 0.412. The summed E-state index contributed by atoms with van der Waals surface area (Å²) in [5, 5.41) is 13.4. The van der Waals surface area contributed by atoms with E-state index in [1.54, 1.807) is 4.68 Å². The van der Waals surface area contributed by atoms with Crippen LogP contribution in [0.1, 0.15) is 36.9 Å². The maximum Gasteiger partial charge on any atom is 0.325 e. The van der Waals surface area contributed by atoms with Gasteiger partial charge in [-0.05, 0) is 48.9 Å². The number of fused-ring (bicyclic) bond motifs is 1. The van der Waals surface area contributed by atoms with Crippen molar-refractivity contribution in [1.29, 1.82) is 0 Å². The number of aromatic nitrogens is 2. The fourth-order valence-electron chi connectivity index (χ4n) is 2.88. The first-order valence-corrected chi connectivity index (χ1v) is 10.7. The number of carbonyl (C=O) groups is 1. The molecule has 1 heterocycles. The summed E-state index contributed by atoms with van der Waals surface area (Å²) in [5.41, 5.74) is 2.35. The van der Waals surface area contributed by atoms with Crippen molar-refractivity contribution in [3.05, 3.63) is 45.7 Å². The van der Waals surface area contributed by atoms with Gasteiger partial charge in [0.15, 0.2) is 9.84 Å². The monoisotopic (exact) mass is 418 g/mol. The van der Waals surface area contributed by atoms with Crippen LogP contribution in [0.2, 0.25) is 10.0 Å². The van der Waals surface area contributed by atoms with Gasteiger partial charge in [-0.15, -0.1) is 0 Å². The first-order valence-electron chi connectivity index (χ1n) is 8.01. The zero-order chi connectivity index (χ0) is 19.5. The zero-order valence-electron chi connectivity index (χ0n) is 14.4. The van der Waals surface area contributed by atoms with E-state index >= 15 is 0 Å². The summed E-state index contributed by atoms with van der Waals surface area (Å²) in [6.07, 6.45) is 6.21. The molecule has 9 heteroatoms. The van der Waals surface area contributed by atoms with E-state index in [2.05, 4.69) is 12.0 Å². The van der Waals surface area contributed by atoms with E-state index in [9.17, 15) is 13.2 Å². The highest BCUT2D eigenvalue weighted by Crippen LogP contribution is 2.30. The van der Waals surface area contributed by atoms with Crippen LogP contribution in [0.5, 0.6) is 0 Å². The van der Waals surface area contributed by atoms with Gasteiger partial charge in [0.2, 0.25) is 0 Å². The Hall–Kier alpha value is -1.57. The Balaban J connectivity index is 0.000000190. The molecule has 3 rings (SSSR count). The highest BCUT2D eigenvalue weighted by Gasteiger charge is 2.21. The molecular formula is C17H20Cl2N2O4S. The van der Waals surface area contributed by atoms with Gasteiger partial charge in [-0.25, -0.2) is 8.42 Å². The van der Waals surface area contributed by atoms with Crippen LogP contribution in [-0.4, -0.2) is 35.5 Å². The maximum atomic E-state index is 11.0. The Morgan fingerprint density at radius 3 is 2.65 bits per heavy atom. The highest BCUT2D eigenvalue weighted by molar-refractivity contribution is 7.90. The molecule has 2 aromatic rings. The number of sulfone groups is 1. The molecule has 0 fully saturated rings. The van der Waals surface area contributed by atoms with Crippen molar-refractivity contribution < 1.29 is 18.3 Å². The van der Waals surface area contributed by atoms with E-state index < -0.39 is 15.8 Å². The summed E-state index contributed by atoms with van der Waals surface area (Å²) in [6, 6.07) is 4.28. The number of nitrogens with zero attached hydrogens (tertiary/aromatic N) is 2. The van der Waals surface area contributed by atoms with E-state index in [-0.39, 0.29) is 16.5 Å². The SMILES string of the molecule is CC1CCCc2c1cnn2CC(=O)O.CS(=O)(=O)c1ccc(Cl)cc1Cl. The smallest absolute Gasteiger partial charge is 0.325 e. The van der Waals surface area contributed by atoms with Gasteiger partial charge in [-0.1, -0.05) is 30.1 Å². The van der Waals surface area contributed by atoms with Gasteiger partial charge >= 0.3 is 5.97 Å². The van der Waals surface area contributed by atoms with Crippen molar-refractivity contribution >= 4 is 39.0 Å². The molecule has 1 aliphatic rings. The molecule has 0 saturated carbocycles. The third-order valence-electron chi connectivity index (χ3n) is 4.14. The molecule has 0 radical (unpaired) electrons. The standard InChI is InChI=1S/C10H14N2O2.C7H6Cl2O2S/c1-7-3-2-4-9-8(7)5-11-12(9)6-10(13)14;1-12(10,11)7-3-2-5(8)4-6(7)9/h5,7H,2-4,6H2,1H3,(H,13,14);2-4H,1H3. The van der Waals surface area contributed by atoms with Crippen molar-refractivity contribution in [3.8, 4) is 0 Å². The van der Waals surface area contributed by atoms with Crippen molar-refractivity contribution in [2.75, 3.05) is 6.26 Å². The molecule has 1 aromatic heterocycles.